The number of hydrogen-bond donors (Lipinski definition) is 1. The SMILES string of the molecule is CCOC(=O)Cc1csc(NC(=O)CSc2ccc(-c3ccc(OCC)cc3)nn2)n1. The quantitative estimate of drug-likeness (QED) is 0.361. The number of carbonyl (C=O) groups excluding carboxylic acids is 2. The van der Waals surface area contributed by atoms with Crippen molar-refractivity contribution in [2.45, 2.75) is 25.3 Å². The number of aromatic nitrogens is 3. The average Bonchev–Trinajstić information content (AvgIpc) is 3.20. The van der Waals surface area contributed by atoms with Crippen molar-refractivity contribution < 1.29 is 19.1 Å². The summed E-state index contributed by atoms with van der Waals surface area (Å²) in [6.45, 7) is 4.64. The maximum absolute atomic E-state index is 12.2. The van der Waals surface area contributed by atoms with Gasteiger partial charge in [-0.2, -0.15) is 0 Å². The molecule has 0 saturated heterocycles. The van der Waals surface area contributed by atoms with Crippen LogP contribution in [-0.2, 0) is 20.7 Å². The molecule has 0 bridgehead atoms. The van der Waals surface area contributed by atoms with E-state index in [1.165, 1.54) is 23.1 Å². The Morgan fingerprint density at radius 1 is 1.06 bits per heavy atom. The second-order valence-corrected chi connectivity index (χ2v) is 8.03. The molecule has 0 aliphatic rings. The second kappa shape index (κ2) is 11.4. The number of nitrogens with one attached hydrogen (secondary N) is 1. The Kier molecular flexibility index (Phi) is 8.36. The van der Waals surface area contributed by atoms with Crippen LogP contribution in [0.25, 0.3) is 11.3 Å². The van der Waals surface area contributed by atoms with E-state index >= 15 is 0 Å². The average molecular weight is 459 g/mol. The van der Waals surface area contributed by atoms with Gasteiger partial charge in [0.15, 0.2) is 5.13 Å². The van der Waals surface area contributed by atoms with E-state index in [9.17, 15) is 9.59 Å². The van der Waals surface area contributed by atoms with Gasteiger partial charge in [0.05, 0.1) is 36.8 Å². The van der Waals surface area contributed by atoms with E-state index in [1.54, 1.807) is 12.3 Å². The molecule has 1 amide bonds. The monoisotopic (exact) mass is 458 g/mol. The summed E-state index contributed by atoms with van der Waals surface area (Å²) in [5, 5.41) is 14.0. The highest BCUT2D eigenvalue weighted by Gasteiger charge is 2.11. The number of anilines is 1. The number of carbonyl (C=O) groups is 2. The van der Waals surface area contributed by atoms with Gasteiger partial charge < -0.3 is 14.8 Å². The zero-order valence-corrected chi connectivity index (χ0v) is 18.8. The van der Waals surface area contributed by atoms with Gasteiger partial charge in [-0.25, -0.2) is 4.98 Å². The molecule has 0 unspecified atom stereocenters. The lowest BCUT2D eigenvalue weighted by molar-refractivity contribution is -0.142. The topological polar surface area (TPSA) is 103 Å². The van der Waals surface area contributed by atoms with Gasteiger partial charge in [-0.3, -0.25) is 9.59 Å². The smallest absolute Gasteiger partial charge is 0.311 e. The van der Waals surface area contributed by atoms with Crippen LogP contribution in [0.5, 0.6) is 5.75 Å². The standard InChI is InChI=1S/C21H22N4O4S2/c1-3-28-16-7-5-14(6-8-16)17-9-10-19(25-24-17)30-13-18(26)23-21-22-15(12-31-21)11-20(27)29-4-2/h5-10,12H,3-4,11,13H2,1-2H3,(H,22,23,26). The van der Waals surface area contributed by atoms with Crippen LogP contribution >= 0.6 is 23.1 Å². The molecule has 162 valence electrons. The Balaban J connectivity index is 1.48. The van der Waals surface area contributed by atoms with E-state index in [1.807, 2.05) is 43.3 Å². The van der Waals surface area contributed by atoms with Crippen LogP contribution in [0.1, 0.15) is 19.5 Å². The number of rotatable bonds is 10. The zero-order chi connectivity index (χ0) is 22.1. The lowest BCUT2D eigenvalue weighted by Gasteiger charge is -2.05. The van der Waals surface area contributed by atoms with Gasteiger partial charge in [-0.15, -0.1) is 21.5 Å². The molecule has 0 saturated carbocycles. The summed E-state index contributed by atoms with van der Waals surface area (Å²) in [5.74, 6) is 0.433. The molecule has 0 atom stereocenters. The number of thiazole rings is 1. The molecule has 0 radical (unpaired) electrons. The van der Waals surface area contributed by atoms with Crippen molar-refractivity contribution in [2.75, 3.05) is 24.3 Å². The van der Waals surface area contributed by atoms with Crippen molar-refractivity contribution in [1.29, 1.82) is 0 Å². The largest absolute Gasteiger partial charge is 0.494 e. The summed E-state index contributed by atoms with van der Waals surface area (Å²) in [4.78, 5) is 27.9. The molecule has 2 heterocycles. The van der Waals surface area contributed by atoms with Gasteiger partial charge in [-0.05, 0) is 50.2 Å². The number of hydrogen-bond acceptors (Lipinski definition) is 9. The Labute approximate surface area is 188 Å². The summed E-state index contributed by atoms with van der Waals surface area (Å²) in [6, 6.07) is 11.3. The highest BCUT2D eigenvalue weighted by atomic mass is 32.2. The molecule has 2 aromatic heterocycles. The van der Waals surface area contributed by atoms with E-state index < -0.39 is 0 Å². The maximum Gasteiger partial charge on any atom is 0.311 e. The normalized spacial score (nSPS) is 10.5. The molecule has 10 heteroatoms. The fraction of sp³-hybridized carbons (Fsp3) is 0.286. The Bertz CT molecular complexity index is 1010. The summed E-state index contributed by atoms with van der Waals surface area (Å²) in [5.41, 5.74) is 2.25. The first kappa shape index (κ1) is 22.7. The van der Waals surface area contributed by atoms with Gasteiger partial charge in [0.2, 0.25) is 5.91 Å². The van der Waals surface area contributed by atoms with Crippen LogP contribution < -0.4 is 10.1 Å². The minimum absolute atomic E-state index is 0.0885. The van der Waals surface area contributed by atoms with Crippen LogP contribution in [0.2, 0.25) is 0 Å². The Morgan fingerprint density at radius 3 is 2.55 bits per heavy atom. The summed E-state index contributed by atoms with van der Waals surface area (Å²) in [6.07, 6.45) is 0.0885. The lowest BCUT2D eigenvalue weighted by Crippen LogP contribution is -2.14. The van der Waals surface area contributed by atoms with Crippen LogP contribution in [0.3, 0.4) is 0 Å². The first-order valence-corrected chi connectivity index (χ1v) is 11.5. The number of amides is 1. The summed E-state index contributed by atoms with van der Waals surface area (Å²) < 4.78 is 10.3. The third kappa shape index (κ3) is 7.04. The summed E-state index contributed by atoms with van der Waals surface area (Å²) >= 11 is 2.55. The first-order valence-electron chi connectivity index (χ1n) is 9.67. The maximum atomic E-state index is 12.2. The number of esters is 1. The predicted octanol–water partition coefficient (Wildman–Crippen LogP) is 3.84. The van der Waals surface area contributed by atoms with E-state index in [2.05, 4.69) is 20.5 Å². The molecule has 1 aromatic carbocycles. The fourth-order valence-electron chi connectivity index (χ4n) is 2.54. The minimum Gasteiger partial charge on any atom is -0.494 e. The van der Waals surface area contributed by atoms with Gasteiger partial charge in [0.25, 0.3) is 0 Å². The number of thioether (sulfide) groups is 1. The Hall–Kier alpha value is -2.98. The van der Waals surface area contributed by atoms with Crippen molar-refractivity contribution in [3.05, 3.63) is 47.5 Å². The molecular weight excluding hydrogens is 436 g/mol. The second-order valence-electron chi connectivity index (χ2n) is 6.18. The van der Waals surface area contributed by atoms with Crippen LogP contribution in [0.4, 0.5) is 5.13 Å². The van der Waals surface area contributed by atoms with Crippen molar-refractivity contribution in [3.8, 4) is 17.0 Å². The molecular formula is C21H22N4O4S2. The molecule has 3 rings (SSSR count). The lowest BCUT2D eigenvalue weighted by atomic mass is 10.1. The highest BCUT2D eigenvalue weighted by molar-refractivity contribution is 7.99. The number of nitrogens with zero attached hydrogens (tertiary/aromatic N) is 3. The van der Waals surface area contributed by atoms with Gasteiger partial charge in [0.1, 0.15) is 10.8 Å². The van der Waals surface area contributed by atoms with E-state index in [0.29, 0.717) is 29.1 Å². The van der Waals surface area contributed by atoms with Gasteiger partial charge in [-0.1, -0.05) is 11.8 Å². The van der Waals surface area contributed by atoms with Crippen LogP contribution in [-0.4, -0.2) is 46.0 Å². The fourth-order valence-corrected chi connectivity index (χ4v) is 3.88. The first-order chi connectivity index (χ1) is 15.1. The highest BCUT2D eigenvalue weighted by Crippen LogP contribution is 2.23. The van der Waals surface area contributed by atoms with Crippen LogP contribution in [0, 0.1) is 0 Å². The molecule has 0 aliphatic carbocycles. The molecule has 0 spiro atoms. The molecule has 1 N–H and O–H groups in total. The summed E-state index contributed by atoms with van der Waals surface area (Å²) in [7, 11) is 0. The zero-order valence-electron chi connectivity index (χ0n) is 17.2. The number of benzene rings is 1. The minimum atomic E-state index is -0.339. The third-order valence-corrected chi connectivity index (χ3v) is 5.61. The molecule has 3 aromatic rings. The molecule has 0 fully saturated rings. The Morgan fingerprint density at radius 2 is 1.87 bits per heavy atom. The van der Waals surface area contributed by atoms with Crippen molar-refractivity contribution in [2.24, 2.45) is 0 Å². The van der Waals surface area contributed by atoms with Crippen molar-refractivity contribution in [3.63, 3.8) is 0 Å². The van der Waals surface area contributed by atoms with Gasteiger partial charge >= 0.3 is 5.97 Å². The van der Waals surface area contributed by atoms with Crippen LogP contribution in [0.15, 0.2) is 46.8 Å². The molecule has 0 aliphatic heterocycles. The van der Waals surface area contributed by atoms with E-state index in [4.69, 9.17) is 9.47 Å². The molecule has 31 heavy (non-hydrogen) atoms. The van der Waals surface area contributed by atoms with Gasteiger partial charge in [0, 0.05) is 10.9 Å². The van der Waals surface area contributed by atoms with Crippen molar-refractivity contribution >= 4 is 40.1 Å². The van der Waals surface area contributed by atoms with E-state index in [0.717, 1.165) is 17.0 Å². The van der Waals surface area contributed by atoms with E-state index in [-0.39, 0.29) is 24.1 Å². The number of ether oxygens (including phenoxy) is 2. The molecule has 8 nitrogen and oxygen atoms in total. The third-order valence-electron chi connectivity index (χ3n) is 3.88. The van der Waals surface area contributed by atoms with Crippen molar-refractivity contribution in [1.82, 2.24) is 15.2 Å². The predicted molar refractivity (Wildman–Crippen MR) is 120 cm³/mol.